The van der Waals surface area contributed by atoms with Crippen LogP contribution >= 0.6 is 0 Å². The number of hydrogen-bond acceptors (Lipinski definition) is 3. The summed E-state index contributed by atoms with van der Waals surface area (Å²) in [5.74, 6) is 0.659. The number of nitrogens with zero attached hydrogens (tertiary/aromatic N) is 3. The van der Waals surface area contributed by atoms with Gasteiger partial charge in [-0.2, -0.15) is 0 Å². The number of piperidine rings is 1. The lowest BCUT2D eigenvalue weighted by molar-refractivity contribution is 0.0995. The number of likely N-dealkylation sites (tertiary alicyclic amines) is 1. The molecule has 0 aromatic rings. The first-order chi connectivity index (χ1) is 10.2. The van der Waals surface area contributed by atoms with Crippen LogP contribution < -0.4 is 5.73 Å². The summed E-state index contributed by atoms with van der Waals surface area (Å²) in [7, 11) is 0. The van der Waals surface area contributed by atoms with E-state index in [1.54, 1.807) is 0 Å². The van der Waals surface area contributed by atoms with Gasteiger partial charge in [0, 0.05) is 39.3 Å². The average molecular weight is 296 g/mol. The minimum atomic E-state index is 0.268. The first-order valence-corrected chi connectivity index (χ1v) is 8.67. The highest BCUT2D eigenvalue weighted by atomic mass is 16.2. The highest BCUT2D eigenvalue weighted by Gasteiger charge is 2.27. The van der Waals surface area contributed by atoms with Crippen molar-refractivity contribution in [3.05, 3.63) is 0 Å². The monoisotopic (exact) mass is 296 g/mol. The van der Waals surface area contributed by atoms with Gasteiger partial charge in [0.25, 0.3) is 0 Å². The fourth-order valence-electron chi connectivity index (χ4n) is 3.38. The van der Waals surface area contributed by atoms with Gasteiger partial charge < -0.3 is 15.5 Å². The molecule has 2 rings (SSSR count). The summed E-state index contributed by atoms with van der Waals surface area (Å²) in [6.45, 7) is 9.93. The fraction of sp³-hybridized carbons (Fsp3) is 0.938. The molecule has 2 saturated heterocycles. The zero-order chi connectivity index (χ0) is 15.1. The number of carbonyl (C=O) groups is 1. The molecule has 1 unspecified atom stereocenters. The maximum absolute atomic E-state index is 12.5. The van der Waals surface area contributed by atoms with Gasteiger partial charge in [0.1, 0.15) is 0 Å². The second kappa shape index (κ2) is 8.59. The fourth-order valence-corrected chi connectivity index (χ4v) is 3.38. The molecule has 0 aliphatic carbocycles. The van der Waals surface area contributed by atoms with Crippen molar-refractivity contribution in [2.75, 3.05) is 52.4 Å². The SMILES string of the molecule is CC1CCCN(C(=O)N2CCN(CCCCCN)CC2)C1. The first kappa shape index (κ1) is 16.6. The zero-order valence-electron chi connectivity index (χ0n) is 13.6. The van der Waals surface area contributed by atoms with Gasteiger partial charge in [-0.3, -0.25) is 4.90 Å². The van der Waals surface area contributed by atoms with Crippen LogP contribution in [-0.2, 0) is 0 Å². The molecule has 0 bridgehead atoms. The molecule has 2 aliphatic heterocycles. The van der Waals surface area contributed by atoms with E-state index in [0.717, 1.165) is 65.2 Å². The van der Waals surface area contributed by atoms with Crippen molar-refractivity contribution in [3.8, 4) is 0 Å². The zero-order valence-corrected chi connectivity index (χ0v) is 13.6. The minimum absolute atomic E-state index is 0.268. The molecule has 1 atom stereocenters. The highest BCUT2D eigenvalue weighted by molar-refractivity contribution is 5.74. The molecule has 0 spiro atoms. The van der Waals surface area contributed by atoms with E-state index in [1.807, 2.05) is 0 Å². The van der Waals surface area contributed by atoms with Crippen molar-refractivity contribution in [3.63, 3.8) is 0 Å². The molecule has 0 aromatic carbocycles. The summed E-state index contributed by atoms with van der Waals surface area (Å²) >= 11 is 0. The number of piperazine rings is 1. The van der Waals surface area contributed by atoms with E-state index in [-0.39, 0.29) is 6.03 Å². The van der Waals surface area contributed by atoms with Crippen molar-refractivity contribution in [1.29, 1.82) is 0 Å². The van der Waals surface area contributed by atoms with Gasteiger partial charge in [0.05, 0.1) is 0 Å². The molecule has 122 valence electrons. The van der Waals surface area contributed by atoms with Gasteiger partial charge >= 0.3 is 6.03 Å². The molecular weight excluding hydrogens is 264 g/mol. The Morgan fingerprint density at radius 2 is 1.81 bits per heavy atom. The molecule has 5 nitrogen and oxygen atoms in total. The van der Waals surface area contributed by atoms with Crippen LogP contribution in [0.15, 0.2) is 0 Å². The number of unbranched alkanes of at least 4 members (excludes halogenated alkanes) is 2. The van der Waals surface area contributed by atoms with E-state index >= 15 is 0 Å². The van der Waals surface area contributed by atoms with E-state index in [9.17, 15) is 4.79 Å². The average Bonchev–Trinajstić information content (AvgIpc) is 2.51. The van der Waals surface area contributed by atoms with Crippen molar-refractivity contribution >= 4 is 6.03 Å². The van der Waals surface area contributed by atoms with Gasteiger partial charge in [-0.25, -0.2) is 4.79 Å². The second-order valence-electron chi connectivity index (χ2n) is 6.65. The van der Waals surface area contributed by atoms with Crippen LogP contribution in [0.5, 0.6) is 0 Å². The van der Waals surface area contributed by atoms with Crippen LogP contribution in [0, 0.1) is 5.92 Å². The van der Waals surface area contributed by atoms with Gasteiger partial charge in [0.15, 0.2) is 0 Å². The molecule has 2 amide bonds. The Hall–Kier alpha value is -0.810. The Balaban J connectivity index is 1.67. The lowest BCUT2D eigenvalue weighted by atomic mass is 10.0. The van der Waals surface area contributed by atoms with E-state index in [0.29, 0.717) is 5.92 Å². The molecule has 21 heavy (non-hydrogen) atoms. The summed E-state index contributed by atoms with van der Waals surface area (Å²) in [4.78, 5) is 19.1. The summed E-state index contributed by atoms with van der Waals surface area (Å²) in [5.41, 5.74) is 5.52. The van der Waals surface area contributed by atoms with Crippen molar-refractivity contribution in [2.45, 2.75) is 39.0 Å². The number of nitrogens with two attached hydrogens (primary N) is 1. The lowest BCUT2D eigenvalue weighted by Crippen LogP contribution is -2.54. The Morgan fingerprint density at radius 1 is 1.05 bits per heavy atom. The normalized spacial score (nSPS) is 24.4. The number of hydrogen-bond donors (Lipinski definition) is 1. The molecule has 2 N–H and O–H groups in total. The van der Waals surface area contributed by atoms with Crippen LogP contribution in [-0.4, -0.2) is 73.1 Å². The van der Waals surface area contributed by atoms with E-state index in [2.05, 4.69) is 21.6 Å². The summed E-state index contributed by atoms with van der Waals surface area (Å²) < 4.78 is 0. The van der Waals surface area contributed by atoms with Gasteiger partial charge in [-0.1, -0.05) is 13.3 Å². The van der Waals surface area contributed by atoms with Crippen LogP contribution in [0.4, 0.5) is 4.79 Å². The Morgan fingerprint density at radius 3 is 2.48 bits per heavy atom. The Labute approximate surface area is 129 Å². The molecular formula is C16H32N4O. The summed E-state index contributed by atoms with van der Waals surface area (Å²) in [5, 5.41) is 0. The molecule has 0 saturated carbocycles. The molecule has 2 aliphatic rings. The van der Waals surface area contributed by atoms with E-state index in [4.69, 9.17) is 5.73 Å². The van der Waals surface area contributed by atoms with Crippen LogP contribution in [0.3, 0.4) is 0 Å². The largest absolute Gasteiger partial charge is 0.330 e. The van der Waals surface area contributed by atoms with Gasteiger partial charge in [-0.15, -0.1) is 0 Å². The standard InChI is InChI=1S/C16H32N4O/c1-15-6-5-9-20(14-15)16(21)19-12-10-18(11-13-19)8-4-2-3-7-17/h15H,2-14,17H2,1H3. The van der Waals surface area contributed by atoms with E-state index < -0.39 is 0 Å². The number of carbonyl (C=O) groups excluding carboxylic acids is 1. The summed E-state index contributed by atoms with van der Waals surface area (Å²) in [6, 6.07) is 0.268. The van der Waals surface area contributed by atoms with Crippen LogP contribution in [0.25, 0.3) is 0 Å². The molecule has 2 heterocycles. The smallest absolute Gasteiger partial charge is 0.320 e. The van der Waals surface area contributed by atoms with Gasteiger partial charge in [0.2, 0.25) is 0 Å². The molecule has 0 radical (unpaired) electrons. The predicted octanol–water partition coefficient (Wildman–Crippen LogP) is 1.58. The third-order valence-corrected chi connectivity index (χ3v) is 4.75. The third kappa shape index (κ3) is 5.15. The van der Waals surface area contributed by atoms with Crippen molar-refractivity contribution < 1.29 is 4.79 Å². The third-order valence-electron chi connectivity index (χ3n) is 4.75. The minimum Gasteiger partial charge on any atom is -0.330 e. The van der Waals surface area contributed by atoms with Gasteiger partial charge in [-0.05, 0) is 44.7 Å². The predicted molar refractivity (Wildman–Crippen MR) is 86.3 cm³/mol. The topological polar surface area (TPSA) is 52.8 Å². The lowest BCUT2D eigenvalue weighted by Gasteiger charge is -2.39. The summed E-state index contributed by atoms with van der Waals surface area (Å²) in [6.07, 6.45) is 6.01. The molecule has 5 heteroatoms. The van der Waals surface area contributed by atoms with Crippen LogP contribution in [0.2, 0.25) is 0 Å². The van der Waals surface area contributed by atoms with Crippen LogP contribution in [0.1, 0.15) is 39.0 Å². The van der Waals surface area contributed by atoms with E-state index in [1.165, 1.54) is 19.3 Å². The number of rotatable bonds is 5. The first-order valence-electron chi connectivity index (χ1n) is 8.67. The molecule has 0 aromatic heterocycles. The van der Waals surface area contributed by atoms with Crippen molar-refractivity contribution in [2.24, 2.45) is 11.7 Å². The van der Waals surface area contributed by atoms with Crippen molar-refractivity contribution in [1.82, 2.24) is 14.7 Å². The highest BCUT2D eigenvalue weighted by Crippen LogP contribution is 2.17. The molecule has 2 fully saturated rings. The maximum Gasteiger partial charge on any atom is 0.320 e. The number of urea groups is 1. The second-order valence-corrected chi connectivity index (χ2v) is 6.65. The number of amides is 2. The quantitative estimate of drug-likeness (QED) is 0.784. The Bertz CT molecular complexity index is 315. The Kier molecular flexibility index (Phi) is 6.77. The maximum atomic E-state index is 12.5.